The third-order valence-corrected chi connectivity index (χ3v) is 1.22. The maximum atomic E-state index is 6.79. The van der Waals surface area contributed by atoms with Crippen molar-refractivity contribution in [1.82, 2.24) is 0 Å². The van der Waals surface area contributed by atoms with Crippen LogP contribution in [-0.4, -0.2) is 10.9 Å². The van der Waals surface area contributed by atoms with Crippen LogP contribution in [0.3, 0.4) is 0 Å². The van der Waals surface area contributed by atoms with Crippen LogP contribution in [0.5, 0.6) is 0 Å². The summed E-state index contributed by atoms with van der Waals surface area (Å²) in [6.07, 6.45) is 8.29. The lowest BCUT2D eigenvalue weighted by Crippen LogP contribution is -2.03. The van der Waals surface area contributed by atoms with E-state index in [4.69, 9.17) is 17.6 Å². The molecule has 0 aromatic heterocycles. The van der Waals surface area contributed by atoms with Gasteiger partial charge in [-0.3, -0.25) is 5.41 Å². The Bertz CT molecular complexity index is 155. The Morgan fingerprint density at radius 2 is 2.56 bits per heavy atom. The molecule has 0 radical (unpaired) electrons. The molecule has 48 valence electrons. The highest BCUT2D eigenvalue weighted by atomic mass is 32.2. The molecule has 0 heterocycles. The maximum Gasteiger partial charge on any atom is 0.151 e. The first-order valence-corrected chi connectivity index (χ1v) is 3.34. The van der Waals surface area contributed by atoms with Gasteiger partial charge >= 0.3 is 0 Å². The van der Waals surface area contributed by atoms with Crippen molar-refractivity contribution in [2.45, 2.75) is 0 Å². The van der Waals surface area contributed by atoms with Crippen LogP contribution >= 0.6 is 11.8 Å². The number of terminal acetylenes is 1. The van der Waals surface area contributed by atoms with Crippen molar-refractivity contribution >= 4 is 16.9 Å². The number of hydrogen-bond acceptors (Lipinski definition) is 2. The van der Waals surface area contributed by atoms with Crippen molar-refractivity contribution in [3.05, 3.63) is 12.2 Å². The molecule has 0 spiro atoms. The van der Waals surface area contributed by atoms with E-state index in [9.17, 15) is 0 Å². The third-order valence-electron chi connectivity index (χ3n) is 0.549. The maximum absolute atomic E-state index is 6.79. The van der Waals surface area contributed by atoms with Gasteiger partial charge in [0.2, 0.25) is 0 Å². The first-order chi connectivity index (χ1) is 4.27. The Morgan fingerprint density at radius 3 is 3.00 bits per heavy atom. The van der Waals surface area contributed by atoms with Gasteiger partial charge < -0.3 is 5.73 Å². The first-order valence-electron chi connectivity index (χ1n) is 2.35. The van der Waals surface area contributed by atoms with E-state index in [1.165, 1.54) is 11.8 Å². The highest BCUT2D eigenvalue weighted by Crippen LogP contribution is 1.96. The molecule has 0 saturated carbocycles. The predicted octanol–water partition coefficient (Wildman–Crippen LogP) is 0.802. The van der Waals surface area contributed by atoms with Crippen molar-refractivity contribution in [2.24, 2.45) is 5.73 Å². The molecular weight excluding hydrogens is 132 g/mol. The molecular formula is C6H8N2S. The average molecular weight is 140 g/mol. The predicted molar refractivity (Wildman–Crippen MR) is 42.3 cm³/mol. The van der Waals surface area contributed by atoms with Crippen molar-refractivity contribution in [1.29, 1.82) is 5.41 Å². The fourth-order valence-electron chi connectivity index (χ4n) is 0.254. The Kier molecular flexibility index (Phi) is 4.75. The summed E-state index contributed by atoms with van der Waals surface area (Å²) in [5.41, 5.74) is 5.04. The summed E-state index contributed by atoms with van der Waals surface area (Å²) in [5, 5.41) is 6.91. The second-order valence-electron chi connectivity index (χ2n) is 1.24. The second-order valence-corrected chi connectivity index (χ2v) is 2.31. The molecule has 0 amide bonds. The van der Waals surface area contributed by atoms with E-state index in [1.54, 1.807) is 12.2 Å². The minimum Gasteiger partial charge on any atom is -0.379 e. The van der Waals surface area contributed by atoms with Gasteiger partial charge in [-0.25, -0.2) is 0 Å². The average Bonchev–Trinajstić information content (AvgIpc) is 1.80. The van der Waals surface area contributed by atoms with Crippen LogP contribution in [0, 0.1) is 17.8 Å². The lowest BCUT2D eigenvalue weighted by Gasteiger charge is -1.88. The standard InChI is InChI=1S/C6H8N2S/c1-2-3-4-5-9-6(7)8/h1,3-4H,5H2,(H3,7,8)/b4-3+. The molecule has 2 nitrogen and oxygen atoms in total. The smallest absolute Gasteiger partial charge is 0.151 e. The van der Waals surface area contributed by atoms with Crippen molar-refractivity contribution in [2.75, 3.05) is 5.75 Å². The molecule has 3 heteroatoms. The van der Waals surface area contributed by atoms with Crippen molar-refractivity contribution in [3.8, 4) is 12.3 Å². The Labute approximate surface area is 59.0 Å². The van der Waals surface area contributed by atoms with Crippen LogP contribution in [0.25, 0.3) is 0 Å². The molecule has 0 aromatic carbocycles. The summed E-state index contributed by atoms with van der Waals surface area (Å²) in [7, 11) is 0. The van der Waals surface area contributed by atoms with E-state index in [2.05, 4.69) is 5.92 Å². The quantitative estimate of drug-likeness (QED) is 0.338. The largest absolute Gasteiger partial charge is 0.379 e. The van der Waals surface area contributed by atoms with Gasteiger partial charge in [-0.15, -0.1) is 6.42 Å². The van der Waals surface area contributed by atoms with Crippen LogP contribution in [0.2, 0.25) is 0 Å². The van der Waals surface area contributed by atoms with Gasteiger partial charge in [0.15, 0.2) is 5.17 Å². The lowest BCUT2D eigenvalue weighted by molar-refractivity contribution is 1.50. The molecule has 0 bridgehead atoms. The van der Waals surface area contributed by atoms with Gasteiger partial charge in [0.25, 0.3) is 0 Å². The van der Waals surface area contributed by atoms with Crippen LogP contribution in [-0.2, 0) is 0 Å². The Hall–Kier alpha value is -0.880. The Morgan fingerprint density at radius 1 is 1.89 bits per heavy atom. The van der Waals surface area contributed by atoms with Crippen LogP contribution in [0.4, 0.5) is 0 Å². The van der Waals surface area contributed by atoms with Gasteiger partial charge in [0.1, 0.15) is 0 Å². The number of allylic oxidation sites excluding steroid dienone is 1. The summed E-state index contributed by atoms with van der Waals surface area (Å²) in [4.78, 5) is 0. The van der Waals surface area contributed by atoms with E-state index in [-0.39, 0.29) is 5.17 Å². The second kappa shape index (κ2) is 5.26. The van der Waals surface area contributed by atoms with Gasteiger partial charge in [-0.1, -0.05) is 23.8 Å². The molecule has 9 heavy (non-hydrogen) atoms. The Balaban J connectivity index is 3.22. The zero-order valence-corrected chi connectivity index (χ0v) is 5.74. The highest BCUT2D eigenvalue weighted by molar-refractivity contribution is 8.13. The van der Waals surface area contributed by atoms with Crippen molar-refractivity contribution < 1.29 is 0 Å². The summed E-state index contributed by atoms with van der Waals surface area (Å²) in [6, 6.07) is 0. The van der Waals surface area contributed by atoms with Gasteiger partial charge in [-0.05, 0) is 6.08 Å². The minimum absolute atomic E-state index is 0.122. The topological polar surface area (TPSA) is 49.9 Å². The number of rotatable bonds is 2. The first kappa shape index (κ1) is 8.12. The molecule has 0 aliphatic carbocycles. The molecule has 0 unspecified atom stereocenters. The van der Waals surface area contributed by atoms with Gasteiger partial charge in [0, 0.05) is 5.75 Å². The highest BCUT2D eigenvalue weighted by Gasteiger charge is 1.83. The summed E-state index contributed by atoms with van der Waals surface area (Å²) >= 11 is 1.25. The van der Waals surface area contributed by atoms with Crippen LogP contribution in [0.1, 0.15) is 0 Å². The van der Waals surface area contributed by atoms with Crippen LogP contribution < -0.4 is 5.73 Å². The normalized spacial score (nSPS) is 9.22. The molecule has 3 N–H and O–H groups in total. The lowest BCUT2D eigenvalue weighted by atomic mass is 10.5. The molecule has 0 aromatic rings. The number of hydrogen-bond donors (Lipinski definition) is 2. The van der Waals surface area contributed by atoms with E-state index in [0.29, 0.717) is 5.75 Å². The van der Waals surface area contributed by atoms with Crippen molar-refractivity contribution in [3.63, 3.8) is 0 Å². The monoisotopic (exact) mass is 140 g/mol. The zero-order chi connectivity index (χ0) is 7.11. The number of amidine groups is 1. The fraction of sp³-hybridized carbons (Fsp3) is 0.167. The minimum atomic E-state index is 0.122. The number of thioether (sulfide) groups is 1. The number of nitrogens with one attached hydrogen (secondary N) is 1. The molecule has 0 saturated heterocycles. The van der Waals surface area contributed by atoms with E-state index < -0.39 is 0 Å². The summed E-state index contributed by atoms with van der Waals surface area (Å²) < 4.78 is 0. The van der Waals surface area contributed by atoms with Gasteiger partial charge in [-0.2, -0.15) is 0 Å². The molecule has 0 fully saturated rings. The molecule has 0 aliphatic heterocycles. The van der Waals surface area contributed by atoms with E-state index in [0.717, 1.165) is 0 Å². The zero-order valence-electron chi connectivity index (χ0n) is 4.92. The number of nitrogens with two attached hydrogens (primary N) is 1. The summed E-state index contributed by atoms with van der Waals surface area (Å²) in [5.74, 6) is 3.02. The third kappa shape index (κ3) is 7.12. The molecule has 0 aliphatic rings. The summed E-state index contributed by atoms with van der Waals surface area (Å²) in [6.45, 7) is 0. The fourth-order valence-corrected chi connectivity index (χ4v) is 0.626. The van der Waals surface area contributed by atoms with Crippen LogP contribution in [0.15, 0.2) is 12.2 Å². The molecule has 0 atom stereocenters. The molecule has 0 rings (SSSR count). The van der Waals surface area contributed by atoms with Gasteiger partial charge in [0.05, 0.1) is 0 Å². The van der Waals surface area contributed by atoms with E-state index >= 15 is 0 Å². The SMILES string of the molecule is C#C/C=C/CSC(=N)N. The van der Waals surface area contributed by atoms with E-state index in [1.807, 2.05) is 0 Å².